The lowest BCUT2D eigenvalue weighted by molar-refractivity contribution is -0.147. The third-order valence-corrected chi connectivity index (χ3v) is 1.44. The van der Waals surface area contributed by atoms with Crippen LogP contribution in [0.25, 0.3) is 0 Å². The molecular weight excluding hydrogens is 172 g/mol. The Balaban J connectivity index is 3.55. The van der Waals surface area contributed by atoms with Crippen molar-refractivity contribution in [3.63, 3.8) is 0 Å². The van der Waals surface area contributed by atoms with Crippen LogP contribution >= 0.6 is 0 Å². The first-order valence-electron chi connectivity index (χ1n) is 4.23. The minimum absolute atomic E-state index is 0.0870. The second kappa shape index (κ2) is 6.42. The van der Waals surface area contributed by atoms with E-state index in [4.69, 9.17) is 10.5 Å². The Bertz CT molecular complexity index is 182. The molecule has 0 aromatic rings. The smallest absolute Gasteiger partial charge is 0.309 e. The van der Waals surface area contributed by atoms with Crippen LogP contribution in [-0.2, 0) is 14.3 Å². The lowest BCUT2D eigenvalue weighted by Crippen LogP contribution is -2.34. The first kappa shape index (κ1) is 11.9. The van der Waals surface area contributed by atoms with Crippen LogP contribution < -0.4 is 11.1 Å². The first-order valence-corrected chi connectivity index (χ1v) is 4.23. The average molecular weight is 188 g/mol. The molecule has 5 heteroatoms. The zero-order chi connectivity index (χ0) is 10.3. The number of rotatable bonds is 6. The third-order valence-electron chi connectivity index (χ3n) is 1.44. The summed E-state index contributed by atoms with van der Waals surface area (Å²) in [7, 11) is 0. The van der Waals surface area contributed by atoms with Crippen molar-refractivity contribution in [2.24, 2.45) is 11.7 Å². The fraction of sp³-hybridized carbons (Fsp3) is 0.750. The molecule has 0 aliphatic rings. The maximum Gasteiger partial charge on any atom is 0.309 e. The number of hydrogen-bond donors (Lipinski definition) is 2. The lowest BCUT2D eigenvalue weighted by atomic mass is 10.2. The summed E-state index contributed by atoms with van der Waals surface area (Å²) in [5.74, 6) is -0.949. The molecule has 0 saturated heterocycles. The van der Waals surface area contributed by atoms with Gasteiger partial charge in [0.1, 0.15) is 0 Å². The number of nitrogens with one attached hydrogen (secondary N) is 1. The summed E-state index contributed by atoms with van der Waals surface area (Å²) in [5.41, 5.74) is 4.90. The minimum Gasteiger partial charge on any atom is -0.466 e. The third kappa shape index (κ3) is 6.10. The van der Waals surface area contributed by atoms with Crippen molar-refractivity contribution < 1.29 is 14.3 Å². The zero-order valence-electron chi connectivity index (χ0n) is 8.00. The number of primary amides is 1. The van der Waals surface area contributed by atoms with Crippen LogP contribution in [0.1, 0.15) is 13.8 Å². The number of esters is 1. The predicted octanol–water partition coefficient (Wildman–Crippen LogP) is -0.739. The molecule has 0 aromatic carbocycles. The normalized spacial score (nSPS) is 12.2. The van der Waals surface area contributed by atoms with Gasteiger partial charge in [0.2, 0.25) is 5.91 Å². The number of hydrogen-bond acceptors (Lipinski definition) is 4. The van der Waals surface area contributed by atoms with Gasteiger partial charge >= 0.3 is 5.97 Å². The van der Waals surface area contributed by atoms with Crippen molar-refractivity contribution in [2.45, 2.75) is 13.8 Å². The Kier molecular flexibility index (Phi) is 5.88. The summed E-state index contributed by atoms with van der Waals surface area (Å²) < 4.78 is 4.77. The maximum absolute atomic E-state index is 11.0. The topological polar surface area (TPSA) is 81.4 Å². The summed E-state index contributed by atoms with van der Waals surface area (Å²) in [6.07, 6.45) is 0. The van der Waals surface area contributed by atoms with Crippen LogP contribution in [0.15, 0.2) is 0 Å². The summed E-state index contributed by atoms with van der Waals surface area (Å²) >= 11 is 0. The fourth-order valence-electron chi connectivity index (χ4n) is 0.780. The van der Waals surface area contributed by atoms with Crippen LogP contribution in [0.3, 0.4) is 0 Å². The Hall–Kier alpha value is -1.10. The van der Waals surface area contributed by atoms with Gasteiger partial charge < -0.3 is 15.8 Å². The van der Waals surface area contributed by atoms with Gasteiger partial charge in [-0.1, -0.05) is 6.92 Å². The summed E-state index contributed by atoms with van der Waals surface area (Å²) in [5, 5.41) is 2.75. The molecule has 1 amide bonds. The Morgan fingerprint density at radius 3 is 2.62 bits per heavy atom. The van der Waals surface area contributed by atoms with E-state index in [0.29, 0.717) is 13.2 Å². The van der Waals surface area contributed by atoms with Crippen molar-refractivity contribution in [3.8, 4) is 0 Å². The van der Waals surface area contributed by atoms with E-state index in [1.165, 1.54) is 0 Å². The number of carbonyl (C=O) groups is 2. The van der Waals surface area contributed by atoms with Gasteiger partial charge in [0.05, 0.1) is 19.1 Å². The van der Waals surface area contributed by atoms with Crippen molar-refractivity contribution in [2.75, 3.05) is 19.7 Å². The highest BCUT2D eigenvalue weighted by Crippen LogP contribution is 1.95. The molecule has 0 spiro atoms. The molecule has 0 rings (SSSR count). The van der Waals surface area contributed by atoms with Crippen LogP contribution in [0.2, 0.25) is 0 Å². The average Bonchev–Trinajstić information content (AvgIpc) is 2.04. The monoisotopic (exact) mass is 188 g/mol. The van der Waals surface area contributed by atoms with E-state index in [2.05, 4.69) is 5.32 Å². The van der Waals surface area contributed by atoms with Crippen LogP contribution in [0, 0.1) is 5.92 Å². The predicted molar refractivity (Wildman–Crippen MR) is 47.9 cm³/mol. The number of amides is 1. The van der Waals surface area contributed by atoms with Crippen molar-refractivity contribution in [1.82, 2.24) is 5.32 Å². The molecule has 0 radical (unpaired) electrons. The molecule has 0 heterocycles. The molecule has 0 aliphatic carbocycles. The molecule has 1 atom stereocenters. The van der Waals surface area contributed by atoms with E-state index in [9.17, 15) is 9.59 Å². The van der Waals surface area contributed by atoms with Gasteiger partial charge in [-0.2, -0.15) is 0 Å². The van der Waals surface area contributed by atoms with Gasteiger partial charge in [-0.05, 0) is 6.92 Å². The largest absolute Gasteiger partial charge is 0.466 e. The van der Waals surface area contributed by atoms with Crippen LogP contribution in [0.4, 0.5) is 0 Å². The van der Waals surface area contributed by atoms with E-state index >= 15 is 0 Å². The molecule has 3 N–H and O–H groups in total. The summed E-state index contributed by atoms with van der Waals surface area (Å²) in [4.78, 5) is 21.4. The Morgan fingerprint density at radius 1 is 1.54 bits per heavy atom. The van der Waals surface area contributed by atoms with Crippen LogP contribution in [-0.4, -0.2) is 31.6 Å². The quantitative estimate of drug-likeness (QED) is 0.538. The molecular formula is C8H16N2O3. The summed E-state index contributed by atoms with van der Waals surface area (Å²) in [6.45, 7) is 4.35. The first-order chi connectivity index (χ1) is 6.07. The van der Waals surface area contributed by atoms with Crippen LogP contribution in [0.5, 0.6) is 0 Å². The standard InChI is InChI=1S/C8H16N2O3/c1-3-13-8(12)6(2)4-10-5-7(9)11/h6,10H,3-5H2,1-2H3,(H2,9,11). The maximum atomic E-state index is 11.0. The highest BCUT2D eigenvalue weighted by atomic mass is 16.5. The van der Waals surface area contributed by atoms with Crippen molar-refractivity contribution in [3.05, 3.63) is 0 Å². The molecule has 0 fully saturated rings. The zero-order valence-corrected chi connectivity index (χ0v) is 8.00. The molecule has 76 valence electrons. The van der Waals surface area contributed by atoms with E-state index in [-0.39, 0.29) is 18.4 Å². The molecule has 1 unspecified atom stereocenters. The SMILES string of the molecule is CCOC(=O)C(C)CNCC(N)=O. The van der Waals surface area contributed by atoms with Gasteiger partial charge in [-0.15, -0.1) is 0 Å². The molecule has 5 nitrogen and oxygen atoms in total. The molecule has 0 saturated carbocycles. The molecule has 0 aliphatic heterocycles. The number of ether oxygens (including phenoxy) is 1. The van der Waals surface area contributed by atoms with Gasteiger partial charge in [0.25, 0.3) is 0 Å². The summed E-state index contributed by atoms with van der Waals surface area (Å²) in [6, 6.07) is 0. The van der Waals surface area contributed by atoms with Crippen molar-refractivity contribution in [1.29, 1.82) is 0 Å². The fourth-order valence-corrected chi connectivity index (χ4v) is 0.780. The number of carbonyl (C=O) groups excluding carboxylic acids is 2. The Labute approximate surface area is 77.6 Å². The van der Waals surface area contributed by atoms with Crippen molar-refractivity contribution >= 4 is 11.9 Å². The highest BCUT2D eigenvalue weighted by molar-refractivity contribution is 5.76. The highest BCUT2D eigenvalue weighted by Gasteiger charge is 2.12. The Morgan fingerprint density at radius 2 is 2.15 bits per heavy atom. The minimum atomic E-state index is -0.434. The second-order valence-electron chi connectivity index (χ2n) is 2.75. The van der Waals surface area contributed by atoms with E-state index < -0.39 is 5.91 Å². The lowest BCUT2D eigenvalue weighted by Gasteiger charge is -2.10. The van der Waals surface area contributed by atoms with Gasteiger partial charge in [0, 0.05) is 6.54 Å². The second-order valence-corrected chi connectivity index (χ2v) is 2.75. The van der Waals surface area contributed by atoms with Gasteiger partial charge in [-0.3, -0.25) is 9.59 Å². The van der Waals surface area contributed by atoms with Gasteiger partial charge in [-0.25, -0.2) is 0 Å². The molecule has 0 bridgehead atoms. The van der Waals surface area contributed by atoms with E-state index in [1.54, 1.807) is 13.8 Å². The van der Waals surface area contributed by atoms with E-state index in [0.717, 1.165) is 0 Å². The van der Waals surface area contributed by atoms with Gasteiger partial charge in [0.15, 0.2) is 0 Å². The number of nitrogens with two attached hydrogens (primary N) is 1. The molecule has 13 heavy (non-hydrogen) atoms. The molecule has 0 aromatic heterocycles. The van der Waals surface area contributed by atoms with E-state index in [1.807, 2.05) is 0 Å².